The Kier molecular flexibility index (Phi) is 10.9. The number of benzene rings is 3. The van der Waals surface area contributed by atoms with Gasteiger partial charge in [-0.25, -0.2) is 13.8 Å². The number of hydrogen-bond acceptors (Lipinski definition) is 6. The number of thiazole rings is 1. The van der Waals surface area contributed by atoms with Crippen molar-refractivity contribution in [2.45, 2.75) is 89.1 Å². The van der Waals surface area contributed by atoms with Gasteiger partial charge in [0.2, 0.25) is 0 Å². The summed E-state index contributed by atoms with van der Waals surface area (Å²) in [6, 6.07) is 27.7. The molecule has 0 amide bonds. The molecule has 6 nitrogen and oxygen atoms in total. The van der Waals surface area contributed by atoms with Crippen LogP contribution in [0, 0.1) is 0 Å². The third-order valence-corrected chi connectivity index (χ3v) is 17.1. The van der Waals surface area contributed by atoms with E-state index >= 15 is 8.78 Å². The summed E-state index contributed by atoms with van der Waals surface area (Å²) < 4.78 is 59.7. The van der Waals surface area contributed by atoms with Crippen LogP contribution in [0.4, 0.5) is 13.2 Å². The predicted molar refractivity (Wildman–Crippen MR) is 211 cm³/mol. The van der Waals surface area contributed by atoms with Crippen molar-refractivity contribution in [3.05, 3.63) is 107 Å². The van der Waals surface area contributed by atoms with Crippen LogP contribution in [-0.2, 0) is 10.8 Å². The van der Waals surface area contributed by atoms with Crippen LogP contribution in [0.1, 0.15) is 69.6 Å². The Morgan fingerprint density at radius 2 is 1.58 bits per heavy atom. The molecular formula is C42H51F3N4O2SSi. The SMILES string of the molecule is C[C@@H]1Cc2c([nH]c3ccccc23)[C@@H](c2cnc(O[C@@H]3C[C@H](C)N(CCCF)C3)s2)N1CC(F)(F)CO[Si](c1ccccc1)(c1ccccc1)C(C)(C)C. The highest BCUT2D eigenvalue weighted by Gasteiger charge is 2.52. The van der Waals surface area contributed by atoms with Crippen LogP contribution in [0.5, 0.6) is 5.19 Å². The smallest absolute Gasteiger partial charge is 0.282 e. The highest BCUT2D eigenvalue weighted by atomic mass is 32.1. The van der Waals surface area contributed by atoms with E-state index in [4.69, 9.17) is 9.16 Å². The topological polar surface area (TPSA) is 53.6 Å². The number of halogens is 3. The largest absolute Gasteiger partial charge is 0.465 e. The van der Waals surface area contributed by atoms with Gasteiger partial charge in [-0.05, 0) is 53.7 Å². The van der Waals surface area contributed by atoms with Gasteiger partial charge in [0.05, 0.1) is 30.7 Å². The number of nitrogens with one attached hydrogen (secondary N) is 1. The molecule has 3 aromatic carbocycles. The number of para-hydroxylation sites is 1. The van der Waals surface area contributed by atoms with Gasteiger partial charge in [0, 0.05) is 54.4 Å². The lowest BCUT2D eigenvalue weighted by Gasteiger charge is -2.45. The maximum Gasteiger partial charge on any atom is 0.282 e. The van der Waals surface area contributed by atoms with Gasteiger partial charge < -0.3 is 14.1 Å². The Morgan fingerprint density at radius 1 is 0.925 bits per heavy atom. The number of ether oxygens (including phenoxy) is 1. The Bertz CT molecular complexity index is 1930. The molecule has 4 heterocycles. The second-order valence-corrected chi connectivity index (χ2v) is 21.2. The van der Waals surface area contributed by atoms with Gasteiger partial charge >= 0.3 is 0 Å². The van der Waals surface area contributed by atoms with E-state index in [1.165, 1.54) is 11.3 Å². The number of fused-ring (bicyclic) bond motifs is 3. The van der Waals surface area contributed by atoms with Crippen LogP contribution in [-0.4, -0.2) is 85.1 Å². The summed E-state index contributed by atoms with van der Waals surface area (Å²) in [4.78, 5) is 13.3. The molecule has 0 radical (unpaired) electrons. The summed E-state index contributed by atoms with van der Waals surface area (Å²) in [5, 5.41) is 3.17. The van der Waals surface area contributed by atoms with Crippen LogP contribution in [0.15, 0.2) is 91.1 Å². The number of rotatable bonds is 13. The average molecular weight is 761 g/mol. The first-order valence-corrected chi connectivity index (χ1v) is 21.5. The quantitative estimate of drug-likeness (QED) is 0.122. The van der Waals surface area contributed by atoms with Crippen LogP contribution in [0.25, 0.3) is 10.9 Å². The lowest BCUT2D eigenvalue weighted by Crippen LogP contribution is -2.67. The minimum absolute atomic E-state index is 0.0587. The Morgan fingerprint density at radius 3 is 2.25 bits per heavy atom. The van der Waals surface area contributed by atoms with E-state index < -0.39 is 38.5 Å². The molecule has 1 N–H and O–H groups in total. The first-order chi connectivity index (χ1) is 25.4. The van der Waals surface area contributed by atoms with Gasteiger partial charge in [-0.1, -0.05) is 111 Å². The van der Waals surface area contributed by atoms with E-state index in [1.54, 1.807) is 6.20 Å². The number of nitrogens with zero attached hydrogens (tertiary/aromatic N) is 3. The van der Waals surface area contributed by atoms with Gasteiger partial charge in [-0.15, -0.1) is 0 Å². The number of aromatic amines is 1. The molecular weight excluding hydrogens is 710 g/mol. The Labute approximate surface area is 316 Å². The molecule has 2 aliphatic rings. The molecule has 1 fully saturated rings. The van der Waals surface area contributed by atoms with Crippen molar-refractivity contribution in [3.63, 3.8) is 0 Å². The molecule has 2 aromatic heterocycles. The zero-order valence-corrected chi connectivity index (χ0v) is 33.1. The summed E-state index contributed by atoms with van der Waals surface area (Å²) in [5.41, 5.74) is 3.08. The molecule has 5 aromatic rings. The summed E-state index contributed by atoms with van der Waals surface area (Å²) in [5.74, 6) is -3.17. The van der Waals surface area contributed by atoms with Crippen molar-refractivity contribution in [3.8, 4) is 5.19 Å². The van der Waals surface area contributed by atoms with E-state index in [1.807, 2.05) is 90.7 Å². The minimum atomic E-state index is -3.19. The molecule has 11 heteroatoms. The van der Waals surface area contributed by atoms with Crippen molar-refractivity contribution in [1.82, 2.24) is 19.8 Å². The molecule has 0 unspecified atom stereocenters. The summed E-state index contributed by atoms with van der Waals surface area (Å²) in [6.07, 6.45) is 3.71. The molecule has 53 heavy (non-hydrogen) atoms. The first kappa shape index (κ1) is 37.8. The van der Waals surface area contributed by atoms with Gasteiger partial charge in [0.1, 0.15) is 6.10 Å². The third kappa shape index (κ3) is 7.60. The summed E-state index contributed by atoms with van der Waals surface area (Å²) in [7, 11) is -3.19. The molecule has 0 aliphatic carbocycles. The van der Waals surface area contributed by atoms with E-state index in [9.17, 15) is 4.39 Å². The average Bonchev–Trinajstić information content (AvgIpc) is 3.85. The Balaban J connectivity index is 1.19. The van der Waals surface area contributed by atoms with Crippen LogP contribution < -0.4 is 15.1 Å². The number of H-pyrrole nitrogens is 1. The predicted octanol–water partition coefficient (Wildman–Crippen LogP) is 8.37. The van der Waals surface area contributed by atoms with E-state index in [2.05, 4.69) is 48.6 Å². The van der Waals surface area contributed by atoms with Gasteiger partial charge in [-0.3, -0.25) is 14.2 Å². The fourth-order valence-electron chi connectivity index (χ4n) is 8.65. The molecule has 2 aliphatic heterocycles. The molecule has 0 saturated carbocycles. The van der Waals surface area contributed by atoms with Crippen LogP contribution in [0.2, 0.25) is 5.04 Å². The minimum Gasteiger partial charge on any atom is -0.465 e. The number of likely N-dealkylation sites (tertiary alicyclic amines) is 1. The monoisotopic (exact) mass is 760 g/mol. The number of hydrogen-bond donors (Lipinski definition) is 1. The lowest BCUT2D eigenvalue weighted by atomic mass is 9.91. The van der Waals surface area contributed by atoms with Gasteiger partial charge in [0.25, 0.3) is 19.4 Å². The van der Waals surface area contributed by atoms with Crippen LogP contribution >= 0.6 is 11.3 Å². The van der Waals surface area contributed by atoms with E-state index in [0.29, 0.717) is 37.2 Å². The van der Waals surface area contributed by atoms with Crippen molar-refractivity contribution >= 4 is 40.9 Å². The summed E-state index contributed by atoms with van der Waals surface area (Å²) in [6.45, 7) is 10.4. The van der Waals surface area contributed by atoms with Crippen LogP contribution in [0.3, 0.4) is 0 Å². The highest BCUT2D eigenvalue weighted by Crippen LogP contribution is 2.45. The van der Waals surface area contributed by atoms with Crippen molar-refractivity contribution < 1.29 is 22.3 Å². The van der Waals surface area contributed by atoms with Crippen molar-refractivity contribution in [2.24, 2.45) is 0 Å². The molecule has 4 atom stereocenters. The molecule has 1 saturated heterocycles. The zero-order chi connectivity index (χ0) is 37.4. The lowest BCUT2D eigenvalue weighted by molar-refractivity contribution is -0.0818. The Hall–Kier alpha value is -3.48. The standard InChI is InChI=1S/C42H51F3N4O2SSi/c1-29-23-31(26-48(29)22-14-21-43)51-40-46-25-37(52-40)39-38-35(34-19-12-13-20-36(34)47-38)24-30(2)49(39)27-42(44,45)28-50-53(41(3,4)5,32-15-8-6-9-16-32)33-17-10-7-11-18-33/h6-13,15-20,25,29-31,39,47H,14,21-24,26-28H2,1-5H3/t29-,30+,31+,39+/m0/s1. The highest BCUT2D eigenvalue weighted by molar-refractivity contribution is 7.13. The first-order valence-electron chi connectivity index (χ1n) is 18.8. The van der Waals surface area contributed by atoms with E-state index in [0.717, 1.165) is 43.8 Å². The third-order valence-electron chi connectivity index (χ3n) is 11.1. The second kappa shape index (κ2) is 15.3. The maximum atomic E-state index is 16.8. The number of alkyl halides is 3. The molecule has 0 spiro atoms. The van der Waals surface area contributed by atoms with Crippen molar-refractivity contribution in [1.29, 1.82) is 0 Å². The molecule has 0 bridgehead atoms. The molecule has 7 rings (SSSR count). The van der Waals surface area contributed by atoms with E-state index in [-0.39, 0.29) is 18.8 Å². The molecule has 282 valence electrons. The zero-order valence-electron chi connectivity index (χ0n) is 31.3. The van der Waals surface area contributed by atoms with Crippen molar-refractivity contribution in [2.75, 3.05) is 32.9 Å². The number of aromatic nitrogens is 2. The van der Waals surface area contributed by atoms with Gasteiger partial charge in [-0.2, -0.15) is 0 Å². The normalized spacial score (nSPS) is 21.7. The fourth-order valence-corrected chi connectivity index (χ4v) is 14.2. The fraction of sp³-hybridized carbons (Fsp3) is 0.452. The maximum absolute atomic E-state index is 16.8. The second-order valence-electron chi connectivity index (χ2n) is 15.9. The van der Waals surface area contributed by atoms with Gasteiger partial charge in [0.15, 0.2) is 0 Å². The summed E-state index contributed by atoms with van der Waals surface area (Å²) >= 11 is 1.42.